The second-order valence-electron chi connectivity index (χ2n) is 5.90. The topological polar surface area (TPSA) is 24.5 Å². The maximum Gasteiger partial charge on any atom is 0.165 e. The molecule has 1 saturated heterocycles. The van der Waals surface area contributed by atoms with Crippen LogP contribution in [0.5, 0.6) is 5.75 Å². The van der Waals surface area contributed by atoms with Gasteiger partial charge in [-0.05, 0) is 37.4 Å². The summed E-state index contributed by atoms with van der Waals surface area (Å²) in [6.45, 7) is 7.51. The first-order valence-corrected chi connectivity index (χ1v) is 7.42. The van der Waals surface area contributed by atoms with Crippen LogP contribution in [0, 0.1) is 11.7 Å². The molecule has 1 fully saturated rings. The van der Waals surface area contributed by atoms with Crippen LogP contribution in [0.1, 0.15) is 26.7 Å². The number of halogens is 1. The third-order valence-electron chi connectivity index (χ3n) is 3.73. The Hall–Kier alpha value is -1.29. The molecule has 0 aliphatic carbocycles. The lowest BCUT2D eigenvalue weighted by Crippen LogP contribution is -2.38. The predicted octanol–water partition coefficient (Wildman–Crippen LogP) is 3.05. The highest BCUT2D eigenvalue weighted by atomic mass is 19.1. The Bertz CT molecular complexity index is 436. The van der Waals surface area contributed by atoms with Crippen LogP contribution in [0.4, 0.5) is 10.1 Å². The van der Waals surface area contributed by atoms with E-state index in [9.17, 15) is 4.39 Å². The highest BCUT2D eigenvalue weighted by Crippen LogP contribution is 2.25. The number of benzene rings is 1. The fourth-order valence-corrected chi connectivity index (χ4v) is 2.80. The zero-order valence-electron chi connectivity index (χ0n) is 12.7. The average molecular weight is 280 g/mol. The van der Waals surface area contributed by atoms with Gasteiger partial charge in [0.2, 0.25) is 0 Å². The van der Waals surface area contributed by atoms with Crippen molar-refractivity contribution < 1.29 is 9.13 Å². The lowest BCUT2D eigenvalue weighted by molar-refractivity contribution is 0.386. The molecule has 1 aliphatic heterocycles. The third kappa shape index (κ3) is 3.85. The van der Waals surface area contributed by atoms with E-state index in [2.05, 4.69) is 24.1 Å². The Morgan fingerprint density at radius 1 is 1.45 bits per heavy atom. The van der Waals surface area contributed by atoms with Crippen molar-refractivity contribution in [1.82, 2.24) is 5.32 Å². The smallest absolute Gasteiger partial charge is 0.165 e. The van der Waals surface area contributed by atoms with Gasteiger partial charge in [-0.2, -0.15) is 0 Å². The van der Waals surface area contributed by atoms with Gasteiger partial charge in [0, 0.05) is 30.9 Å². The third-order valence-corrected chi connectivity index (χ3v) is 3.73. The van der Waals surface area contributed by atoms with Gasteiger partial charge < -0.3 is 15.0 Å². The van der Waals surface area contributed by atoms with Gasteiger partial charge in [-0.1, -0.05) is 13.8 Å². The normalized spacial score (nSPS) is 20.1. The number of nitrogens with one attached hydrogen (secondary N) is 1. The van der Waals surface area contributed by atoms with E-state index in [-0.39, 0.29) is 5.82 Å². The molecule has 3 nitrogen and oxygen atoms in total. The molecule has 1 N–H and O–H groups in total. The van der Waals surface area contributed by atoms with Gasteiger partial charge in [0.1, 0.15) is 0 Å². The molecule has 2 rings (SSSR count). The molecule has 1 unspecified atom stereocenters. The van der Waals surface area contributed by atoms with Crippen LogP contribution >= 0.6 is 0 Å². The van der Waals surface area contributed by atoms with Crippen LogP contribution in [0.25, 0.3) is 0 Å². The monoisotopic (exact) mass is 280 g/mol. The molecule has 0 amide bonds. The van der Waals surface area contributed by atoms with Gasteiger partial charge in [0.25, 0.3) is 0 Å². The van der Waals surface area contributed by atoms with Crippen LogP contribution in [0.15, 0.2) is 18.2 Å². The van der Waals surface area contributed by atoms with Crippen molar-refractivity contribution in [2.45, 2.75) is 32.7 Å². The van der Waals surface area contributed by atoms with Crippen LogP contribution in [-0.2, 0) is 0 Å². The number of anilines is 1. The molecule has 1 aromatic carbocycles. The minimum atomic E-state index is -0.303. The Kier molecular flexibility index (Phi) is 5.24. The minimum absolute atomic E-state index is 0.303. The van der Waals surface area contributed by atoms with Crippen molar-refractivity contribution in [3.63, 3.8) is 0 Å². The Balaban J connectivity index is 2.13. The van der Waals surface area contributed by atoms with Crippen molar-refractivity contribution in [2.24, 2.45) is 5.92 Å². The van der Waals surface area contributed by atoms with Gasteiger partial charge in [0.15, 0.2) is 11.6 Å². The van der Waals surface area contributed by atoms with Crippen LogP contribution in [0.3, 0.4) is 0 Å². The summed E-state index contributed by atoms with van der Waals surface area (Å²) in [6.07, 6.45) is 2.27. The van der Waals surface area contributed by atoms with E-state index >= 15 is 0 Å². The number of hydrogen-bond donors (Lipinski definition) is 1. The Morgan fingerprint density at radius 2 is 2.25 bits per heavy atom. The first-order valence-electron chi connectivity index (χ1n) is 7.42. The number of rotatable bonds is 4. The predicted molar refractivity (Wildman–Crippen MR) is 81.0 cm³/mol. The van der Waals surface area contributed by atoms with E-state index < -0.39 is 0 Å². The van der Waals surface area contributed by atoms with Crippen molar-refractivity contribution in [3.8, 4) is 5.75 Å². The summed E-state index contributed by atoms with van der Waals surface area (Å²) in [5.41, 5.74) is 1.04. The van der Waals surface area contributed by atoms with Crippen LogP contribution in [0.2, 0.25) is 0 Å². The second-order valence-corrected chi connectivity index (χ2v) is 5.90. The lowest BCUT2D eigenvalue weighted by atomic mass is 10.0. The number of nitrogens with zero attached hydrogens (tertiary/aromatic N) is 1. The van der Waals surface area contributed by atoms with Gasteiger partial charge in [-0.15, -0.1) is 0 Å². The lowest BCUT2D eigenvalue weighted by Gasteiger charge is -2.27. The minimum Gasteiger partial charge on any atom is -0.494 e. The zero-order chi connectivity index (χ0) is 14.5. The molecule has 0 bridgehead atoms. The second kappa shape index (κ2) is 6.93. The molecule has 1 aromatic rings. The molecule has 112 valence electrons. The van der Waals surface area contributed by atoms with Crippen molar-refractivity contribution >= 4 is 5.69 Å². The zero-order valence-corrected chi connectivity index (χ0v) is 12.7. The molecule has 0 spiro atoms. The molecular formula is C16H25FN2O. The van der Waals surface area contributed by atoms with Gasteiger partial charge in [-0.25, -0.2) is 4.39 Å². The molecule has 1 aliphatic rings. The fourth-order valence-electron chi connectivity index (χ4n) is 2.80. The summed E-state index contributed by atoms with van der Waals surface area (Å²) in [7, 11) is 1.51. The Morgan fingerprint density at radius 3 is 2.95 bits per heavy atom. The highest BCUT2D eigenvalue weighted by Gasteiger charge is 2.19. The van der Waals surface area contributed by atoms with E-state index in [0.29, 0.717) is 17.7 Å². The molecular weight excluding hydrogens is 255 g/mol. The van der Waals surface area contributed by atoms with Crippen LogP contribution in [-0.4, -0.2) is 32.8 Å². The summed E-state index contributed by atoms with van der Waals surface area (Å²) < 4.78 is 18.6. The summed E-state index contributed by atoms with van der Waals surface area (Å²) in [5, 5.41) is 3.61. The van der Waals surface area contributed by atoms with E-state index in [1.165, 1.54) is 13.2 Å². The van der Waals surface area contributed by atoms with E-state index in [1.807, 2.05) is 6.07 Å². The summed E-state index contributed by atoms with van der Waals surface area (Å²) in [6, 6.07) is 5.63. The van der Waals surface area contributed by atoms with E-state index in [1.54, 1.807) is 6.07 Å². The van der Waals surface area contributed by atoms with Crippen molar-refractivity contribution in [3.05, 3.63) is 24.0 Å². The maximum absolute atomic E-state index is 13.5. The molecule has 20 heavy (non-hydrogen) atoms. The number of methoxy groups -OCH3 is 1. The fraction of sp³-hybridized carbons (Fsp3) is 0.625. The highest BCUT2D eigenvalue weighted by molar-refractivity contribution is 5.51. The first kappa shape index (κ1) is 15.1. The van der Waals surface area contributed by atoms with Gasteiger partial charge >= 0.3 is 0 Å². The molecule has 1 atom stereocenters. The summed E-state index contributed by atoms with van der Waals surface area (Å²) in [5.74, 6) is 0.693. The summed E-state index contributed by atoms with van der Waals surface area (Å²) >= 11 is 0. The molecule has 0 saturated carbocycles. The standard InChI is InChI=1S/C16H25FN2O/c1-12(2)9-13-11-19(8-4-7-18-13)14-5-6-15(17)16(10-14)20-3/h5-6,10,12-13,18H,4,7-9,11H2,1-3H3. The maximum atomic E-state index is 13.5. The molecule has 0 aromatic heterocycles. The Labute approximate surface area is 121 Å². The van der Waals surface area contributed by atoms with Gasteiger partial charge in [-0.3, -0.25) is 0 Å². The van der Waals surface area contributed by atoms with Crippen molar-refractivity contribution in [2.75, 3.05) is 31.6 Å². The summed E-state index contributed by atoms with van der Waals surface area (Å²) in [4.78, 5) is 2.33. The van der Waals surface area contributed by atoms with E-state index in [4.69, 9.17) is 4.74 Å². The largest absolute Gasteiger partial charge is 0.494 e. The van der Waals surface area contributed by atoms with Gasteiger partial charge in [0.05, 0.1) is 7.11 Å². The SMILES string of the molecule is COc1cc(N2CCCNC(CC(C)C)C2)ccc1F. The number of ether oxygens (including phenoxy) is 1. The average Bonchev–Trinajstić information content (AvgIpc) is 2.64. The van der Waals surface area contributed by atoms with Crippen molar-refractivity contribution in [1.29, 1.82) is 0 Å². The molecule has 4 heteroatoms. The van der Waals surface area contributed by atoms with E-state index in [0.717, 1.165) is 38.2 Å². The molecule has 0 radical (unpaired) electrons. The quantitative estimate of drug-likeness (QED) is 0.917. The first-order chi connectivity index (χ1) is 9.60. The number of hydrogen-bond acceptors (Lipinski definition) is 3. The van der Waals surface area contributed by atoms with Crippen LogP contribution < -0.4 is 15.0 Å². The molecule has 1 heterocycles.